The number of rotatable bonds is 8. The second-order valence-electron chi connectivity index (χ2n) is 4.99. The first-order chi connectivity index (χ1) is 10.3. The van der Waals surface area contributed by atoms with E-state index in [1.165, 1.54) is 0 Å². The molecule has 0 aliphatic heterocycles. The van der Waals surface area contributed by atoms with Crippen molar-refractivity contribution in [3.63, 3.8) is 0 Å². The molecule has 0 amide bonds. The number of phenolic OH excluding ortho intramolecular Hbond substituents is 1. The molecule has 3 heteroatoms. The number of ether oxygens (including phenoxy) is 1. The molecule has 0 spiro atoms. The lowest BCUT2D eigenvalue weighted by molar-refractivity contribution is 0.304. The summed E-state index contributed by atoms with van der Waals surface area (Å²) in [6.07, 6.45) is 1.87. The average Bonchev–Trinajstić information content (AvgIpc) is 2.53. The number of para-hydroxylation sites is 2. The van der Waals surface area contributed by atoms with E-state index in [1.807, 2.05) is 48.5 Å². The van der Waals surface area contributed by atoms with Crippen molar-refractivity contribution in [2.24, 2.45) is 0 Å². The van der Waals surface area contributed by atoms with E-state index in [-0.39, 0.29) is 6.04 Å². The van der Waals surface area contributed by atoms with Crippen LogP contribution < -0.4 is 10.1 Å². The Morgan fingerprint density at radius 2 is 1.76 bits per heavy atom. The van der Waals surface area contributed by atoms with E-state index in [1.54, 1.807) is 6.07 Å². The van der Waals surface area contributed by atoms with Gasteiger partial charge in [0.1, 0.15) is 11.5 Å². The Labute approximate surface area is 126 Å². The van der Waals surface area contributed by atoms with Crippen molar-refractivity contribution in [1.29, 1.82) is 0 Å². The standard InChI is InChI=1S/C18H23NO2/c1-2-17(16-11-6-7-12-18(16)20)19-13-8-14-21-15-9-4-3-5-10-15/h3-7,9-12,17,19-20H,2,8,13-14H2,1H3. The fourth-order valence-corrected chi connectivity index (χ4v) is 2.31. The lowest BCUT2D eigenvalue weighted by Crippen LogP contribution is -2.23. The van der Waals surface area contributed by atoms with Crippen molar-refractivity contribution in [1.82, 2.24) is 5.32 Å². The molecular formula is C18H23NO2. The zero-order valence-electron chi connectivity index (χ0n) is 12.5. The monoisotopic (exact) mass is 285 g/mol. The van der Waals surface area contributed by atoms with Gasteiger partial charge in [0, 0.05) is 11.6 Å². The van der Waals surface area contributed by atoms with Crippen LogP contribution in [0, 0.1) is 0 Å². The van der Waals surface area contributed by atoms with Gasteiger partial charge in [-0.2, -0.15) is 0 Å². The van der Waals surface area contributed by atoms with Crippen LogP contribution in [0.4, 0.5) is 0 Å². The summed E-state index contributed by atoms with van der Waals surface area (Å²) in [6.45, 7) is 3.67. The summed E-state index contributed by atoms with van der Waals surface area (Å²) in [5.74, 6) is 1.27. The molecular weight excluding hydrogens is 262 g/mol. The quantitative estimate of drug-likeness (QED) is 0.723. The van der Waals surface area contributed by atoms with Crippen molar-refractivity contribution in [2.45, 2.75) is 25.8 Å². The SMILES string of the molecule is CCC(NCCCOc1ccccc1)c1ccccc1O. The van der Waals surface area contributed by atoms with Crippen molar-refractivity contribution in [2.75, 3.05) is 13.2 Å². The number of hydrogen-bond acceptors (Lipinski definition) is 3. The Hall–Kier alpha value is -2.00. The van der Waals surface area contributed by atoms with Crippen LogP contribution >= 0.6 is 0 Å². The second kappa shape index (κ2) is 8.32. The van der Waals surface area contributed by atoms with Gasteiger partial charge in [-0.1, -0.05) is 43.3 Å². The smallest absolute Gasteiger partial charge is 0.120 e. The van der Waals surface area contributed by atoms with Gasteiger partial charge in [0.25, 0.3) is 0 Å². The maximum atomic E-state index is 9.90. The van der Waals surface area contributed by atoms with Gasteiger partial charge >= 0.3 is 0 Å². The summed E-state index contributed by atoms with van der Waals surface area (Å²) in [7, 11) is 0. The number of nitrogens with one attached hydrogen (secondary N) is 1. The minimum absolute atomic E-state index is 0.183. The van der Waals surface area contributed by atoms with Crippen LogP contribution in [0.25, 0.3) is 0 Å². The lowest BCUT2D eigenvalue weighted by atomic mass is 10.0. The largest absolute Gasteiger partial charge is 0.508 e. The molecule has 0 aromatic heterocycles. The van der Waals surface area contributed by atoms with Gasteiger partial charge in [-0.15, -0.1) is 0 Å². The predicted molar refractivity (Wildman–Crippen MR) is 85.7 cm³/mol. The molecule has 3 nitrogen and oxygen atoms in total. The van der Waals surface area contributed by atoms with E-state index < -0.39 is 0 Å². The molecule has 0 bridgehead atoms. The molecule has 0 radical (unpaired) electrons. The fraction of sp³-hybridized carbons (Fsp3) is 0.333. The number of phenols is 1. The third-order valence-electron chi connectivity index (χ3n) is 3.44. The Balaban J connectivity index is 1.73. The maximum Gasteiger partial charge on any atom is 0.120 e. The van der Waals surface area contributed by atoms with E-state index in [9.17, 15) is 5.11 Å². The maximum absolute atomic E-state index is 9.90. The third-order valence-corrected chi connectivity index (χ3v) is 3.44. The van der Waals surface area contributed by atoms with Crippen LogP contribution in [0.15, 0.2) is 54.6 Å². The Morgan fingerprint density at radius 1 is 1.05 bits per heavy atom. The molecule has 0 heterocycles. The molecule has 2 aromatic carbocycles. The second-order valence-corrected chi connectivity index (χ2v) is 4.99. The van der Waals surface area contributed by atoms with Crippen molar-refractivity contribution >= 4 is 0 Å². The zero-order chi connectivity index (χ0) is 14.9. The van der Waals surface area contributed by atoms with Crippen molar-refractivity contribution < 1.29 is 9.84 Å². The van der Waals surface area contributed by atoms with Crippen LogP contribution in [0.1, 0.15) is 31.4 Å². The fourth-order valence-electron chi connectivity index (χ4n) is 2.31. The number of hydrogen-bond donors (Lipinski definition) is 2. The molecule has 0 aliphatic carbocycles. The summed E-state index contributed by atoms with van der Waals surface area (Å²) in [4.78, 5) is 0. The highest BCUT2D eigenvalue weighted by Gasteiger charge is 2.11. The Bertz CT molecular complexity index is 528. The Morgan fingerprint density at radius 3 is 2.48 bits per heavy atom. The zero-order valence-corrected chi connectivity index (χ0v) is 12.5. The highest BCUT2D eigenvalue weighted by atomic mass is 16.5. The average molecular weight is 285 g/mol. The van der Waals surface area contributed by atoms with E-state index in [2.05, 4.69) is 12.2 Å². The van der Waals surface area contributed by atoms with Gasteiger partial charge in [-0.25, -0.2) is 0 Å². The first-order valence-electron chi connectivity index (χ1n) is 7.50. The van der Waals surface area contributed by atoms with E-state index in [4.69, 9.17) is 4.74 Å². The third kappa shape index (κ3) is 4.80. The van der Waals surface area contributed by atoms with Crippen molar-refractivity contribution in [3.05, 3.63) is 60.2 Å². The first-order valence-corrected chi connectivity index (χ1v) is 7.50. The van der Waals surface area contributed by atoms with E-state index >= 15 is 0 Å². The summed E-state index contributed by atoms with van der Waals surface area (Å²) in [5.41, 5.74) is 0.962. The summed E-state index contributed by atoms with van der Waals surface area (Å²) in [5, 5.41) is 13.4. The van der Waals surface area contributed by atoms with Gasteiger partial charge < -0.3 is 15.2 Å². The molecule has 0 aliphatic rings. The van der Waals surface area contributed by atoms with Crippen LogP contribution in [0.3, 0.4) is 0 Å². The topological polar surface area (TPSA) is 41.5 Å². The van der Waals surface area contributed by atoms with Gasteiger partial charge in [-0.3, -0.25) is 0 Å². The van der Waals surface area contributed by atoms with Crippen molar-refractivity contribution in [3.8, 4) is 11.5 Å². The van der Waals surface area contributed by atoms with Crippen LogP contribution in [0.2, 0.25) is 0 Å². The van der Waals surface area contributed by atoms with E-state index in [0.717, 1.165) is 30.7 Å². The van der Waals surface area contributed by atoms with E-state index in [0.29, 0.717) is 12.4 Å². The molecule has 2 aromatic rings. The normalized spacial score (nSPS) is 12.0. The van der Waals surface area contributed by atoms with Crippen LogP contribution in [-0.4, -0.2) is 18.3 Å². The molecule has 0 fully saturated rings. The number of aromatic hydroxyl groups is 1. The van der Waals surface area contributed by atoms with Gasteiger partial charge in [0.05, 0.1) is 6.61 Å². The molecule has 21 heavy (non-hydrogen) atoms. The summed E-state index contributed by atoms with van der Waals surface area (Å²) in [6, 6.07) is 17.5. The van der Waals surface area contributed by atoms with Gasteiger partial charge in [-0.05, 0) is 37.6 Å². The molecule has 1 atom stereocenters. The molecule has 1 unspecified atom stereocenters. The van der Waals surface area contributed by atoms with Crippen LogP contribution in [-0.2, 0) is 0 Å². The molecule has 2 N–H and O–H groups in total. The minimum atomic E-state index is 0.183. The summed E-state index contributed by atoms with van der Waals surface area (Å²) >= 11 is 0. The highest BCUT2D eigenvalue weighted by Crippen LogP contribution is 2.25. The highest BCUT2D eigenvalue weighted by molar-refractivity contribution is 5.34. The first kappa shape index (κ1) is 15.4. The predicted octanol–water partition coefficient (Wildman–Crippen LogP) is 3.90. The summed E-state index contributed by atoms with van der Waals surface area (Å²) < 4.78 is 5.66. The molecule has 2 rings (SSSR count). The Kier molecular flexibility index (Phi) is 6.10. The lowest BCUT2D eigenvalue weighted by Gasteiger charge is -2.18. The minimum Gasteiger partial charge on any atom is -0.508 e. The molecule has 0 saturated carbocycles. The number of benzene rings is 2. The van der Waals surface area contributed by atoms with Crippen LogP contribution in [0.5, 0.6) is 11.5 Å². The molecule has 0 saturated heterocycles. The van der Waals surface area contributed by atoms with Gasteiger partial charge in [0.2, 0.25) is 0 Å². The van der Waals surface area contributed by atoms with Gasteiger partial charge in [0.15, 0.2) is 0 Å². The molecule has 112 valence electrons.